The summed E-state index contributed by atoms with van der Waals surface area (Å²) in [5.41, 5.74) is 1.95. The SMILES string of the molecule is CN(C)C1=NC=C(Sc2ccc(CNC(=O)c3cnc4[nH]ncc4c3)nc2)CC1. The molecule has 0 atom stereocenters. The summed E-state index contributed by atoms with van der Waals surface area (Å²) in [5, 5.41) is 10.4. The van der Waals surface area contributed by atoms with Crippen LogP contribution in [0.2, 0.25) is 0 Å². The molecule has 3 aromatic heterocycles. The summed E-state index contributed by atoms with van der Waals surface area (Å²) in [6, 6.07) is 5.71. The molecular weight excluding hydrogens is 386 g/mol. The van der Waals surface area contributed by atoms with Crippen LogP contribution in [0, 0.1) is 0 Å². The number of nitrogens with zero attached hydrogens (tertiary/aromatic N) is 5. The molecular formula is C20H21N7OS. The molecule has 0 radical (unpaired) electrons. The van der Waals surface area contributed by atoms with E-state index in [4.69, 9.17) is 0 Å². The topological polar surface area (TPSA) is 99.2 Å². The monoisotopic (exact) mass is 407 g/mol. The fourth-order valence-electron chi connectivity index (χ4n) is 2.89. The lowest BCUT2D eigenvalue weighted by Gasteiger charge is -2.19. The lowest BCUT2D eigenvalue weighted by atomic mass is 10.2. The van der Waals surface area contributed by atoms with Crippen molar-refractivity contribution in [2.45, 2.75) is 24.3 Å². The van der Waals surface area contributed by atoms with Crippen LogP contribution >= 0.6 is 11.8 Å². The maximum absolute atomic E-state index is 12.4. The van der Waals surface area contributed by atoms with E-state index in [0.717, 1.165) is 34.7 Å². The second kappa shape index (κ2) is 8.44. The molecule has 148 valence electrons. The standard InChI is InChI=1S/C20H21N7OS/c1-27(2)18-6-5-17(12-22-18)29-16-4-3-15(21-11-16)10-24-20(28)14-7-13-9-25-26-19(13)23-8-14/h3-4,7-9,11-12H,5-6,10H2,1-2H3,(H,24,28)(H,23,25,26). The summed E-state index contributed by atoms with van der Waals surface area (Å²) in [4.78, 5) is 29.8. The van der Waals surface area contributed by atoms with E-state index in [2.05, 4.69) is 30.5 Å². The average molecular weight is 408 g/mol. The number of aromatic amines is 1. The van der Waals surface area contributed by atoms with Crippen molar-refractivity contribution in [3.63, 3.8) is 0 Å². The average Bonchev–Trinajstić information content (AvgIpc) is 3.21. The largest absolute Gasteiger partial charge is 0.366 e. The lowest BCUT2D eigenvalue weighted by Crippen LogP contribution is -2.23. The summed E-state index contributed by atoms with van der Waals surface area (Å²) < 4.78 is 0. The molecule has 3 aromatic rings. The number of rotatable bonds is 5. The van der Waals surface area contributed by atoms with Crippen molar-refractivity contribution in [2.24, 2.45) is 4.99 Å². The molecule has 0 fully saturated rings. The normalized spacial score (nSPS) is 13.7. The van der Waals surface area contributed by atoms with Gasteiger partial charge < -0.3 is 10.2 Å². The van der Waals surface area contributed by atoms with Gasteiger partial charge in [0, 0.05) is 54.3 Å². The van der Waals surface area contributed by atoms with E-state index in [-0.39, 0.29) is 5.91 Å². The number of carbonyl (C=O) groups excluding carboxylic acids is 1. The first-order valence-electron chi connectivity index (χ1n) is 9.21. The molecule has 4 heterocycles. The summed E-state index contributed by atoms with van der Waals surface area (Å²) in [7, 11) is 4.02. The van der Waals surface area contributed by atoms with Crippen molar-refractivity contribution in [3.8, 4) is 0 Å². The van der Waals surface area contributed by atoms with Crippen LogP contribution in [0.25, 0.3) is 11.0 Å². The van der Waals surface area contributed by atoms with E-state index < -0.39 is 0 Å². The molecule has 0 aromatic carbocycles. The van der Waals surface area contributed by atoms with Crippen LogP contribution in [0.4, 0.5) is 0 Å². The number of aliphatic imine (C=N–C) groups is 1. The van der Waals surface area contributed by atoms with Gasteiger partial charge in [-0.1, -0.05) is 11.8 Å². The molecule has 1 aliphatic heterocycles. The third kappa shape index (κ3) is 4.62. The van der Waals surface area contributed by atoms with Crippen molar-refractivity contribution in [2.75, 3.05) is 14.1 Å². The quantitative estimate of drug-likeness (QED) is 0.675. The van der Waals surface area contributed by atoms with Gasteiger partial charge in [-0.15, -0.1) is 0 Å². The number of pyridine rings is 2. The van der Waals surface area contributed by atoms with E-state index in [1.807, 2.05) is 43.5 Å². The van der Waals surface area contributed by atoms with E-state index in [1.54, 1.807) is 24.0 Å². The molecule has 2 N–H and O–H groups in total. The molecule has 1 amide bonds. The van der Waals surface area contributed by atoms with Gasteiger partial charge in [0.2, 0.25) is 0 Å². The maximum atomic E-state index is 12.4. The number of nitrogens with one attached hydrogen (secondary N) is 2. The number of hydrogen-bond donors (Lipinski definition) is 2. The Balaban J connectivity index is 1.33. The Morgan fingerprint density at radius 2 is 2.10 bits per heavy atom. The molecule has 0 spiro atoms. The molecule has 0 saturated carbocycles. The van der Waals surface area contributed by atoms with Crippen LogP contribution in [0.5, 0.6) is 0 Å². The van der Waals surface area contributed by atoms with Crippen LogP contribution in [0.1, 0.15) is 28.9 Å². The zero-order valence-electron chi connectivity index (χ0n) is 16.2. The van der Waals surface area contributed by atoms with E-state index in [0.29, 0.717) is 17.8 Å². The first-order valence-corrected chi connectivity index (χ1v) is 10.0. The van der Waals surface area contributed by atoms with Gasteiger partial charge in [0.1, 0.15) is 5.84 Å². The second-order valence-corrected chi connectivity index (χ2v) is 8.04. The zero-order chi connectivity index (χ0) is 20.2. The van der Waals surface area contributed by atoms with Gasteiger partial charge in [-0.2, -0.15) is 5.10 Å². The molecule has 0 bridgehead atoms. The smallest absolute Gasteiger partial charge is 0.253 e. The van der Waals surface area contributed by atoms with Crippen molar-refractivity contribution in [1.82, 2.24) is 30.4 Å². The Hall–Kier alpha value is -3.20. The Bertz CT molecular complexity index is 1090. The number of carbonyl (C=O) groups is 1. The van der Waals surface area contributed by atoms with Crippen LogP contribution in [0.15, 0.2) is 57.8 Å². The number of fused-ring (bicyclic) bond motifs is 1. The third-order valence-corrected chi connectivity index (χ3v) is 5.55. The summed E-state index contributed by atoms with van der Waals surface area (Å²) in [6.45, 7) is 0.354. The van der Waals surface area contributed by atoms with Gasteiger partial charge in [0.15, 0.2) is 5.65 Å². The predicted octanol–water partition coefficient (Wildman–Crippen LogP) is 2.97. The fourth-order valence-corrected chi connectivity index (χ4v) is 3.74. The summed E-state index contributed by atoms with van der Waals surface area (Å²) >= 11 is 1.68. The first kappa shape index (κ1) is 19.1. The Kier molecular flexibility index (Phi) is 5.57. The third-order valence-electron chi connectivity index (χ3n) is 4.50. The van der Waals surface area contributed by atoms with Crippen molar-refractivity contribution < 1.29 is 4.79 Å². The fraction of sp³-hybridized carbons (Fsp3) is 0.250. The van der Waals surface area contributed by atoms with Gasteiger partial charge in [-0.25, -0.2) is 9.98 Å². The molecule has 0 aliphatic carbocycles. The molecule has 9 heteroatoms. The zero-order valence-corrected chi connectivity index (χ0v) is 17.0. The molecule has 0 saturated heterocycles. The van der Waals surface area contributed by atoms with Crippen LogP contribution < -0.4 is 5.32 Å². The van der Waals surface area contributed by atoms with Gasteiger partial charge in [-0.05, 0) is 24.6 Å². The van der Waals surface area contributed by atoms with Crippen LogP contribution in [0.3, 0.4) is 0 Å². The predicted molar refractivity (Wildman–Crippen MR) is 114 cm³/mol. The van der Waals surface area contributed by atoms with Crippen molar-refractivity contribution in [3.05, 3.63) is 59.2 Å². The summed E-state index contributed by atoms with van der Waals surface area (Å²) in [5.74, 6) is 0.906. The van der Waals surface area contributed by atoms with E-state index >= 15 is 0 Å². The summed E-state index contributed by atoms with van der Waals surface area (Å²) in [6.07, 6.45) is 8.87. The Morgan fingerprint density at radius 1 is 1.21 bits per heavy atom. The van der Waals surface area contributed by atoms with Crippen LogP contribution in [-0.2, 0) is 6.54 Å². The van der Waals surface area contributed by atoms with Crippen molar-refractivity contribution in [1.29, 1.82) is 0 Å². The molecule has 4 rings (SSSR count). The van der Waals surface area contributed by atoms with Gasteiger partial charge in [-0.3, -0.25) is 14.9 Å². The van der Waals surface area contributed by atoms with Gasteiger partial charge in [0.05, 0.1) is 24.0 Å². The number of amides is 1. The maximum Gasteiger partial charge on any atom is 0.253 e. The minimum Gasteiger partial charge on any atom is -0.366 e. The number of thioether (sulfide) groups is 1. The Labute approximate surface area is 172 Å². The highest BCUT2D eigenvalue weighted by Gasteiger charge is 2.12. The lowest BCUT2D eigenvalue weighted by molar-refractivity contribution is 0.0950. The first-order chi connectivity index (χ1) is 14.1. The number of aromatic nitrogens is 4. The van der Waals surface area contributed by atoms with Crippen LogP contribution in [-0.4, -0.2) is 50.9 Å². The van der Waals surface area contributed by atoms with Gasteiger partial charge in [0.25, 0.3) is 5.91 Å². The molecule has 0 unspecified atom stereocenters. The van der Waals surface area contributed by atoms with Gasteiger partial charge >= 0.3 is 0 Å². The van der Waals surface area contributed by atoms with E-state index in [9.17, 15) is 4.79 Å². The van der Waals surface area contributed by atoms with E-state index in [1.165, 1.54) is 11.1 Å². The molecule has 1 aliphatic rings. The minimum atomic E-state index is -0.192. The molecule has 29 heavy (non-hydrogen) atoms. The highest BCUT2D eigenvalue weighted by atomic mass is 32.2. The number of hydrogen-bond acceptors (Lipinski definition) is 7. The number of allylic oxidation sites excluding steroid dienone is 1. The van der Waals surface area contributed by atoms with Crippen molar-refractivity contribution >= 4 is 34.5 Å². The highest BCUT2D eigenvalue weighted by Crippen LogP contribution is 2.31. The second-order valence-electron chi connectivity index (χ2n) is 6.84. The number of H-pyrrole nitrogens is 1. The molecule has 8 nitrogen and oxygen atoms in total. The highest BCUT2D eigenvalue weighted by molar-refractivity contribution is 8.03. The number of amidine groups is 1. The Morgan fingerprint density at radius 3 is 2.83 bits per heavy atom. The minimum absolute atomic E-state index is 0.192.